The Bertz CT molecular complexity index is 399. The summed E-state index contributed by atoms with van der Waals surface area (Å²) in [4.78, 5) is 1.33. The quantitative estimate of drug-likeness (QED) is 0.866. The zero-order valence-corrected chi connectivity index (χ0v) is 12.2. The summed E-state index contributed by atoms with van der Waals surface area (Å²) in [5, 5.41) is 13.9. The molecule has 2 atom stereocenters. The van der Waals surface area contributed by atoms with Crippen LogP contribution in [0.2, 0.25) is 5.02 Å². The van der Waals surface area contributed by atoms with Gasteiger partial charge in [-0.2, -0.15) is 0 Å². The van der Waals surface area contributed by atoms with Crippen LogP contribution >= 0.6 is 23.4 Å². The van der Waals surface area contributed by atoms with Gasteiger partial charge in [0.25, 0.3) is 0 Å². The minimum Gasteiger partial charge on any atom is -0.393 e. The number of aliphatic hydroxyl groups excluding tert-OH is 1. The Kier molecular flexibility index (Phi) is 5.37. The van der Waals surface area contributed by atoms with E-state index in [0.717, 1.165) is 36.6 Å². The summed E-state index contributed by atoms with van der Waals surface area (Å²) in [6, 6.07) is 6.51. The Morgan fingerprint density at radius 3 is 3.17 bits per heavy atom. The Hall–Kier alpha value is -0.220. The van der Waals surface area contributed by atoms with Gasteiger partial charge in [-0.1, -0.05) is 18.5 Å². The first-order valence-corrected chi connectivity index (χ1v) is 7.90. The van der Waals surface area contributed by atoms with Gasteiger partial charge in [-0.25, -0.2) is 0 Å². The van der Waals surface area contributed by atoms with E-state index >= 15 is 0 Å². The van der Waals surface area contributed by atoms with Crippen molar-refractivity contribution in [2.24, 2.45) is 0 Å². The van der Waals surface area contributed by atoms with E-state index in [1.54, 1.807) is 0 Å². The van der Waals surface area contributed by atoms with Crippen molar-refractivity contribution in [1.29, 1.82) is 0 Å². The fourth-order valence-electron chi connectivity index (χ4n) is 2.21. The molecule has 0 saturated heterocycles. The first kappa shape index (κ1) is 14.2. The largest absolute Gasteiger partial charge is 0.393 e. The van der Waals surface area contributed by atoms with Crippen LogP contribution in [0, 0.1) is 0 Å². The van der Waals surface area contributed by atoms with Crippen LogP contribution in [-0.2, 0) is 0 Å². The predicted octanol–water partition coefficient (Wildman–Crippen LogP) is 3.63. The molecule has 2 nitrogen and oxygen atoms in total. The first-order valence-electron chi connectivity index (χ1n) is 6.54. The van der Waals surface area contributed by atoms with Gasteiger partial charge in [-0.3, -0.25) is 0 Å². The number of hydrogen-bond donors (Lipinski definition) is 2. The maximum atomic E-state index is 9.56. The number of fused-ring (bicyclic) bond motifs is 1. The lowest BCUT2D eigenvalue weighted by Gasteiger charge is -2.26. The highest BCUT2D eigenvalue weighted by Crippen LogP contribution is 2.37. The summed E-state index contributed by atoms with van der Waals surface area (Å²) >= 11 is 7.97. The van der Waals surface area contributed by atoms with E-state index in [1.165, 1.54) is 10.5 Å². The third-order valence-corrected chi connectivity index (χ3v) is 4.71. The molecule has 1 heterocycles. The topological polar surface area (TPSA) is 32.3 Å². The Morgan fingerprint density at radius 2 is 2.39 bits per heavy atom. The highest BCUT2D eigenvalue weighted by molar-refractivity contribution is 7.99. The van der Waals surface area contributed by atoms with Crippen LogP contribution in [-0.4, -0.2) is 23.5 Å². The van der Waals surface area contributed by atoms with Crippen molar-refractivity contribution < 1.29 is 5.11 Å². The molecule has 0 aliphatic carbocycles. The highest BCUT2D eigenvalue weighted by Gasteiger charge is 2.20. The lowest BCUT2D eigenvalue weighted by molar-refractivity contribution is 0.158. The molecule has 1 aromatic carbocycles. The molecular formula is C14H20ClNOS. The van der Waals surface area contributed by atoms with Crippen LogP contribution in [0.3, 0.4) is 0 Å². The highest BCUT2D eigenvalue weighted by atomic mass is 35.5. The van der Waals surface area contributed by atoms with E-state index in [9.17, 15) is 5.11 Å². The molecule has 0 fully saturated rings. The van der Waals surface area contributed by atoms with E-state index in [1.807, 2.05) is 24.8 Å². The van der Waals surface area contributed by atoms with Crippen molar-refractivity contribution in [2.45, 2.75) is 43.2 Å². The number of thioether (sulfide) groups is 1. The van der Waals surface area contributed by atoms with Crippen LogP contribution in [0.25, 0.3) is 0 Å². The normalized spacial score (nSPS) is 20.5. The van der Waals surface area contributed by atoms with E-state index in [4.69, 9.17) is 11.6 Å². The second-order valence-corrected chi connectivity index (χ2v) is 6.25. The number of benzene rings is 1. The molecule has 0 saturated carbocycles. The van der Waals surface area contributed by atoms with Crippen LogP contribution in [0.1, 0.15) is 37.8 Å². The molecule has 100 valence electrons. The van der Waals surface area contributed by atoms with Gasteiger partial charge in [0, 0.05) is 16.0 Å². The van der Waals surface area contributed by atoms with Crippen molar-refractivity contribution in [3.05, 3.63) is 28.8 Å². The minimum absolute atomic E-state index is 0.186. The molecule has 4 heteroatoms. The standard InChI is InChI=1S/C14H20ClNOS/c1-2-11(17)5-7-16-13-6-8-18-14-4-3-10(15)9-12(13)14/h3-4,9,11,13,16-17H,2,5-8H2,1H3. The summed E-state index contributed by atoms with van der Waals surface area (Å²) in [5.41, 5.74) is 1.31. The molecule has 1 aromatic rings. The van der Waals surface area contributed by atoms with Crippen molar-refractivity contribution in [3.8, 4) is 0 Å². The average molecular weight is 286 g/mol. The van der Waals surface area contributed by atoms with Gasteiger partial charge in [0.15, 0.2) is 0 Å². The van der Waals surface area contributed by atoms with Crippen LogP contribution in [0.15, 0.2) is 23.1 Å². The third-order valence-electron chi connectivity index (χ3n) is 3.35. The van der Waals surface area contributed by atoms with E-state index in [0.29, 0.717) is 6.04 Å². The van der Waals surface area contributed by atoms with Gasteiger partial charge in [-0.05, 0) is 55.3 Å². The fourth-order valence-corrected chi connectivity index (χ4v) is 3.49. The maximum Gasteiger partial charge on any atom is 0.0549 e. The summed E-state index contributed by atoms with van der Waals surface area (Å²) in [6.07, 6.45) is 2.58. The summed E-state index contributed by atoms with van der Waals surface area (Å²) in [7, 11) is 0. The second-order valence-electron chi connectivity index (χ2n) is 4.68. The van der Waals surface area contributed by atoms with Crippen molar-refractivity contribution in [1.82, 2.24) is 5.32 Å². The third kappa shape index (κ3) is 3.64. The molecule has 1 aliphatic heterocycles. The molecular weight excluding hydrogens is 266 g/mol. The number of rotatable bonds is 5. The van der Waals surface area contributed by atoms with Crippen molar-refractivity contribution in [3.63, 3.8) is 0 Å². The molecule has 0 aromatic heterocycles. The van der Waals surface area contributed by atoms with Crippen LogP contribution in [0.4, 0.5) is 0 Å². The molecule has 2 rings (SSSR count). The Labute approximate surface area is 118 Å². The van der Waals surface area contributed by atoms with Gasteiger partial charge in [0.1, 0.15) is 0 Å². The zero-order chi connectivity index (χ0) is 13.0. The van der Waals surface area contributed by atoms with Gasteiger partial charge < -0.3 is 10.4 Å². The number of nitrogens with one attached hydrogen (secondary N) is 1. The SMILES string of the molecule is CCC(O)CCNC1CCSc2ccc(Cl)cc21. The van der Waals surface area contributed by atoms with E-state index in [-0.39, 0.29) is 6.10 Å². The summed E-state index contributed by atoms with van der Waals surface area (Å²) < 4.78 is 0. The molecule has 0 amide bonds. The fraction of sp³-hybridized carbons (Fsp3) is 0.571. The lowest BCUT2D eigenvalue weighted by Crippen LogP contribution is -2.27. The maximum absolute atomic E-state index is 9.56. The van der Waals surface area contributed by atoms with Crippen LogP contribution < -0.4 is 5.32 Å². The Balaban J connectivity index is 1.97. The molecule has 0 radical (unpaired) electrons. The number of hydrogen-bond acceptors (Lipinski definition) is 3. The minimum atomic E-state index is -0.186. The molecule has 18 heavy (non-hydrogen) atoms. The summed E-state index contributed by atoms with van der Waals surface area (Å²) in [6.45, 7) is 2.87. The second kappa shape index (κ2) is 6.80. The van der Waals surface area contributed by atoms with Gasteiger partial charge in [0.05, 0.1) is 6.10 Å². The van der Waals surface area contributed by atoms with E-state index in [2.05, 4.69) is 17.4 Å². The molecule has 2 unspecified atom stereocenters. The summed E-state index contributed by atoms with van der Waals surface area (Å²) in [5.74, 6) is 1.14. The average Bonchev–Trinajstić information content (AvgIpc) is 2.39. The molecule has 0 spiro atoms. The van der Waals surface area contributed by atoms with E-state index < -0.39 is 0 Å². The molecule has 1 aliphatic rings. The zero-order valence-electron chi connectivity index (χ0n) is 10.7. The first-order chi connectivity index (χ1) is 8.70. The monoisotopic (exact) mass is 285 g/mol. The molecule has 0 bridgehead atoms. The molecule has 2 N–H and O–H groups in total. The number of halogens is 1. The lowest BCUT2D eigenvalue weighted by atomic mass is 10.0. The Morgan fingerprint density at radius 1 is 1.56 bits per heavy atom. The van der Waals surface area contributed by atoms with Crippen molar-refractivity contribution >= 4 is 23.4 Å². The smallest absolute Gasteiger partial charge is 0.0549 e. The van der Waals surface area contributed by atoms with Gasteiger partial charge >= 0.3 is 0 Å². The predicted molar refractivity (Wildman–Crippen MR) is 78.5 cm³/mol. The van der Waals surface area contributed by atoms with Gasteiger partial charge in [-0.15, -0.1) is 11.8 Å². The van der Waals surface area contributed by atoms with Crippen LogP contribution in [0.5, 0.6) is 0 Å². The van der Waals surface area contributed by atoms with Crippen molar-refractivity contribution in [2.75, 3.05) is 12.3 Å². The number of aliphatic hydroxyl groups is 1. The van der Waals surface area contributed by atoms with Gasteiger partial charge in [0.2, 0.25) is 0 Å².